The Morgan fingerprint density at radius 3 is 2.72 bits per heavy atom. The van der Waals surface area contributed by atoms with Gasteiger partial charge in [-0.15, -0.1) is 11.3 Å². The second kappa shape index (κ2) is 9.35. The lowest BCUT2D eigenvalue weighted by Crippen LogP contribution is -2.21. The molecule has 29 heavy (non-hydrogen) atoms. The van der Waals surface area contributed by atoms with E-state index in [4.69, 9.17) is 9.72 Å². The SMILES string of the molecule is CC(C)COC(=O)CCCN(C)c1ccc2nc3ccc(=[N+](C)C)cc-3sc2c1. The Hall–Kier alpha value is -2.47. The molecule has 1 aliphatic carbocycles. The van der Waals surface area contributed by atoms with Crippen molar-refractivity contribution in [1.82, 2.24) is 9.56 Å². The third kappa shape index (κ3) is 5.54. The lowest BCUT2D eigenvalue weighted by atomic mass is 10.2. The van der Waals surface area contributed by atoms with Crippen LogP contribution < -0.4 is 14.8 Å². The van der Waals surface area contributed by atoms with Crippen molar-refractivity contribution in [3.8, 4) is 10.6 Å². The van der Waals surface area contributed by atoms with Crippen LogP contribution in [0.5, 0.6) is 0 Å². The summed E-state index contributed by atoms with van der Waals surface area (Å²) in [6, 6.07) is 12.7. The maximum atomic E-state index is 11.8. The fraction of sp³-hybridized carbons (Fsp3) is 0.435. The molecule has 5 nitrogen and oxygen atoms in total. The molecule has 0 N–H and O–H groups in total. The standard InChI is InChI=1S/C23H30N3O2S/c1-16(2)15-28-23(27)7-6-12-26(5)18-9-11-20-22(14-18)29-21-13-17(25(3)4)8-10-19(21)24-20/h8-11,13-14,16H,6-7,12,15H2,1-5H3/q+1. The van der Waals surface area contributed by atoms with Crippen LogP contribution in [0.15, 0.2) is 36.4 Å². The molecule has 1 aromatic carbocycles. The topological polar surface area (TPSA) is 45.4 Å². The molecule has 1 aliphatic heterocycles. The molecule has 0 spiro atoms. The van der Waals surface area contributed by atoms with Gasteiger partial charge in [-0.1, -0.05) is 13.8 Å². The van der Waals surface area contributed by atoms with Gasteiger partial charge in [-0.05, 0) is 36.6 Å². The van der Waals surface area contributed by atoms with Crippen molar-refractivity contribution in [3.05, 3.63) is 41.8 Å². The van der Waals surface area contributed by atoms with Gasteiger partial charge in [0, 0.05) is 37.8 Å². The zero-order valence-electron chi connectivity index (χ0n) is 17.9. The number of carbonyl (C=O) groups excluding carboxylic acids is 1. The van der Waals surface area contributed by atoms with Crippen LogP contribution in [0.4, 0.5) is 5.69 Å². The van der Waals surface area contributed by atoms with Gasteiger partial charge < -0.3 is 9.64 Å². The zero-order chi connectivity index (χ0) is 21.0. The number of nitrogens with zero attached hydrogens (tertiary/aromatic N) is 3. The van der Waals surface area contributed by atoms with Gasteiger partial charge in [0.2, 0.25) is 5.36 Å². The molecule has 0 unspecified atom stereocenters. The van der Waals surface area contributed by atoms with Gasteiger partial charge in [-0.3, -0.25) is 4.79 Å². The van der Waals surface area contributed by atoms with Gasteiger partial charge in [0.15, 0.2) is 0 Å². The van der Waals surface area contributed by atoms with Crippen molar-refractivity contribution < 1.29 is 9.53 Å². The molecule has 0 saturated heterocycles. The highest BCUT2D eigenvalue weighted by Gasteiger charge is 2.11. The summed E-state index contributed by atoms with van der Waals surface area (Å²) in [4.78, 5) is 20.0. The fourth-order valence-electron chi connectivity index (χ4n) is 3.04. The number of carbonyl (C=O) groups is 1. The minimum atomic E-state index is -0.111. The van der Waals surface area contributed by atoms with Gasteiger partial charge in [0.25, 0.3) is 0 Å². The third-order valence-electron chi connectivity index (χ3n) is 4.76. The van der Waals surface area contributed by atoms with E-state index < -0.39 is 0 Å². The second-order valence-corrected chi connectivity index (χ2v) is 9.10. The Morgan fingerprint density at radius 1 is 1.21 bits per heavy atom. The highest BCUT2D eigenvalue weighted by atomic mass is 32.1. The molecule has 0 bridgehead atoms. The van der Waals surface area contributed by atoms with E-state index in [0.717, 1.165) is 34.6 Å². The first kappa shape index (κ1) is 21.2. The molecule has 154 valence electrons. The van der Waals surface area contributed by atoms with Crippen LogP contribution in [-0.4, -0.2) is 45.2 Å². The largest absolute Gasteiger partial charge is 0.465 e. The summed E-state index contributed by atoms with van der Waals surface area (Å²) in [6.07, 6.45) is 1.23. The lowest BCUT2D eigenvalue weighted by molar-refractivity contribution is -0.144. The van der Waals surface area contributed by atoms with Gasteiger partial charge >= 0.3 is 5.97 Å². The summed E-state index contributed by atoms with van der Waals surface area (Å²) in [7, 11) is 6.15. The third-order valence-corrected chi connectivity index (χ3v) is 5.85. The highest BCUT2D eigenvalue weighted by molar-refractivity contribution is 7.21. The van der Waals surface area contributed by atoms with E-state index >= 15 is 0 Å². The quantitative estimate of drug-likeness (QED) is 0.336. The Balaban J connectivity index is 1.73. The van der Waals surface area contributed by atoms with E-state index in [0.29, 0.717) is 18.9 Å². The smallest absolute Gasteiger partial charge is 0.305 e. The minimum absolute atomic E-state index is 0.111. The molecule has 2 aliphatic rings. The van der Waals surface area contributed by atoms with Crippen LogP contribution in [0, 0.1) is 5.92 Å². The zero-order valence-corrected chi connectivity index (χ0v) is 18.8. The van der Waals surface area contributed by atoms with Crippen molar-refractivity contribution in [2.45, 2.75) is 26.7 Å². The second-order valence-electron chi connectivity index (χ2n) is 8.01. The first-order valence-corrected chi connectivity index (χ1v) is 10.9. The Kier molecular flexibility index (Phi) is 6.85. The molecule has 0 amide bonds. The van der Waals surface area contributed by atoms with Crippen molar-refractivity contribution in [1.29, 1.82) is 0 Å². The van der Waals surface area contributed by atoms with Crippen LogP contribution in [-0.2, 0) is 9.53 Å². The maximum absolute atomic E-state index is 11.8. The Labute approximate surface area is 176 Å². The number of ether oxygens (including phenoxy) is 1. The van der Waals surface area contributed by atoms with Gasteiger partial charge in [0.05, 0.1) is 27.4 Å². The fourth-order valence-corrected chi connectivity index (χ4v) is 4.07. The van der Waals surface area contributed by atoms with E-state index in [-0.39, 0.29) is 5.97 Å². The van der Waals surface area contributed by atoms with Crippen LogP contribution in [0.25, 0.3) is 20.8 Å². The Bertz CT molecular complexity index is 1040. The van der Waals surface area contributed by atoms with E-state index in [1.165, 1.54) is 10.2 Å². The van der Waals surface area contributed by atoms with Crippen LogP contribution in [0.3, 0.4) is 0 Å². The molecule has 1 aromatic rings. The summed E-state index contributed by atoms with van der Waals surface area (Å²) in [5.74, 6) is 0.263. The number of benzene rings is 2. The number of anilines is 1. The average molecular weight is 413 g/mol. The van der Waals surface area contributed by atoms with Crippen molar-refractivity contribution in [2.75, 3.05) is 39.2 Å². The number of rotatable bonds is 7. The monoisotopic (exact) mass is 412 g/mol. The van der Waals surface area contributed by atoms with Gasteiger partial charge in [-0.2, -0.15) is 0 Å². The molecule has 0 fully saturated rings. The summed E-state index contributed by atoms with van der Waals surface area (Å²) in [5.41, 5.74) is 3.16. The number of hydrogen-bond acceptors (Lipinski definition) is 5. The molecule has 0 radical (unpaired) electrons. The van der Waals surface area contributed by atoms with Crippen molar-refractivity contribution >= 4 is 33.2 Å². The number of hydrogen-bond donors (Lipinski definition) is 0. The number of fused-ring (bicyclic) bond motifs is 2. The molecule has 3 rings (SSSR count). The molecule has 0 saturated carbocycles. The Morgan fingerprint density at radius 2 is 2.00 bits per heavy atom. The predicted octanol–water partition coefficient (Wildman–Crippen LogP) is 3.85. The molecule has 6 heteroatoms. The summed E-state index contributed by atoms with van der Waals surface area (Å²) in [6.45, 7) is 5.39. The van der Waals surface area contributed by atoms with E-state index in [9.17, 15) is 4.79 Å². The van der Waals surface area contributed by atoms with Crippen molar-refractivity contribution in [2.24, 2.45) is 5.92 Å². The minimum Gasteiger partial charge on any atom is -0.465 e. The van der Waals surface area contributed by atoms with Crippen LogP contribution in [0.1, 0.15) is 26.7 Å². The van der Waals surface area contributed by atoms with Crippen LogP contribution >= 0.6 is 11.3 Å². The molecular formula is C23H30N3O2S+. The highest BCUT2D eigenvalue weighted by Crippen LogP contribution is 2.31. The summed E-state index contributed by atoms with van der Waals surface area (Å²) in [5, 5.41) is 1.17. The first-order valence-electron chi connectivity index (χ1n) is 10.1. The normalized spacial score (nSPS) is 11.2. The van der Waals surface area contributed by atoms with E-state index in [2.05, 4.69) is 52.9 Å². The van der Waals surface area contributed by atoms with E-state index in [1.54, 1.807) is 11.3 Å². The van der Waals surface area contributed by atoms with E-state index in [1.807, 2.05) is 27.9 Å². The summed E-state index contributed by atoms with van der Waals surface area (Å²) >= 11 is 1.76. The van der Waals surface area contributed by atoms with Gasteiger partial charge in [0.1, 0.15) is 14.1 Å². The first-order chi connectivity index (χ1) is 13.8. The molecule has 0 aromatic heterocycles. The maximum Gasteiger partial charge on any atom is 0.305 e. The molecule has 0 atom stereocenters. The summed E-state index contributed by atoms with van der Waals surface area (Å²) < 4.78 is 8.51. The van der Waals surface area contributed by atoms with Gasteiger partial charge in [-0.25, -0.2) is 9.56 Å². The lowest BCUT2D eigenvalue weighted by Gasteiger charge is -2.19. The number of esters is 1. The number of aromatic nitrogens is 1. The molecule has 1 heterocycles. The van der Waals surface area contributed by atoms with Crippen LogP contribution in [0.2, 0.25) is 0 Å². The molecular weight excluding hydrogens is 382 g/mol. The van der Waals surface area contributed by atoms with Crippen molar-refractivity contribution in [3.63, 3.8) is 0 Å². The predicted molar refractivity (Wildman–Crippen MR) is 122 cm³/mol. The average Bonchev–Trinajstić information content (AvgIpc) is 2.69.